The lowest BCUT2D eigenvalue weighted by molar-refractivity contribution is -0.167. The van der Waals surface area contributed by atoms with Gasteiger partial charge in [0.1, 0.15) is 13.2 Å². The van der Waals surface area contributed by atoms with Crippen LogP contribution >= 0.6 is 0 Å². The molecule has 0 radical (unpaired) electrons. The van der Waals surface area contributed by atoms with Gasteiger partial charge in [-0.15, -0.1) is 0 Å². The molecule has 0 heterocycles. The van der Waals surface area contributed by atoms with Crippen molar-refractivity contribution in [2.45, 2.75) is 284 Å². The largest absolute Gasteiger partial charge is 0.462 e. The molecule has 0 amide bonds. The van der Waals surface area contributed by atoms with Gasteiger partial charge in [-0.25, -0.2) is 0 Å². The summed E-state index contributed by atoms with van der Waals surface area (Å²) in [7, 11) is 0. The van der Waals surface area contributed by atoms with Crippen LogP contribution in [0.4, 0.5) is 0 Å². The molecular weight excluding hydrogens is 901 g/mol. The van der Waals surface area contributed by atoms with Crippen molar-refractivity contribution in [1.29, 1.82) is 0 Å². The lowest BCUT2D eigenvalue weighted by Gasteiger charge is -2.18. The van der Waals surface area contributed by atoms with Gasteiger partial charge in [0.25, 0.3) is 0 Å². The van der Waals surface area contributed by atoms with E-state index in [1.54, 1.807) is 0 Å². The lowest BCUT2D eigenvalue weighted by atomic mass is 10.1. The smallest absolute Gasteiger partial charge is 0.306 e. The fourth-order valence-electron chi connectivity index (χ4n) is 8.11. The van der Waals surface area contributed by atoms with Crippen molar-refractivity contribution in [3.05, 3.63) is 109 Å². The van der Waals surface area contributed by atoms with E-state index in [0.717, 1.165) is 109 Å². The fraction of sp³-hybridized carbons (Fsp3) is 0.687. The molecule has 0 unspecified atom stereocenters. The van der Waals surface area contributed by atoms with Crippen molar-refractivity contribution in [3.63, 3.8) is 0 Å². The number of allylic oxidation sites excluding steroid dienone is 18. The molecule has 0 N–H and O–H groups in total. The Balaban J connectivity index is 4.52. The van der Waals surface area contributed by atoms with Crippen LogP contribution in [0, 0.1) is 0 Å². The summed E-state index contributed by atoms with van der Waals surface area (Å²) in [6, 6.07) is 0. The molecule has 0 aliphatic heterocycles. The summed E-state index contributed by atoms with van der Waals surface area (Å²) in [5.74, 6) is -0.967. The monoisotopic (exact) mass is 1010 g/mol. The van der Waals surface area contributed by atoms with Crippen LogP contribution < -0.4 is 0 Å². The standard InChI is InChI=1S/C67H112O6/c1-4-7-10-13-16-19-22-25-28-31-33-36-38-41-44-47-50-53-56-59-65(68)71-62-64(73-67(70)61-58-55-52-49-46-43-40-35-30-27-24-21-18-15-12-9-6-3)63-72-66(69)60-57-54-51-48-45-42-39-37-34-32-29-26-23-20-17-14-11-8-5-2/h16-17,19-20,25-30,33-34,36-37,41-42,44-45,64H,4-15,18,21-24,31-32,35,38-40,43,46-63H2,1-3H3/b19-16-,20-17-,28-25-,29-26-,30-27-,36-33-,37-34-,44-41-,45-42-. The van der Waals surface area contributed by atoms with E-state index >= 15 is 0 Å². The van der Waals surface area contributed by atoms with Crippen LogP contribution in [0.2, 0.25) is 0 Å². The van der Waals surface area contributed by atoms with E-state index < -0.39 is 6.10 Å². The Bertz CT molecular complexity index is 1410. The van der Waals surface area contributed by atoms with E-state index in [9.17, 15) is 14.4 Å². The van der Waals surface area contributed by atoms with Gasteiger partial charge in [-0.1, -0.05) is 233 Å². The van der Waals surface area contributed by atoms with Gasteiger partial charge in [0.2, 0.25) is 0 Å². The second-order valence-corrected chi connectivity index (χ2v) is 19.9. The molecule has 73 heavy (non-hydrogen) atoms. The first-order chi connectivity index (χ1) is 36.0. The van der Waals surface area contributed by atoms with E-state index in [2.05, 4.69) is 130 Å². The third-order valence-corrected chi connectivity index (χ3v) is 12.7. The molecule has 0 atom stereocenters. The van der Waals surface area contributed by atoms with Gasteiger partial charge < -0.3 is 14.2 Å². The summed E-state index contributed by atoms with van der Waals surface area (Å²) < 4.78 is 16.9. The Labute approximate surface area is 450 Å². The van der Waals surface area contributed by atoms with Gasteiger partial charge in [0.05, 0.1) is 0 Å². The number of carbonyl (C=O) groups excluding carboxylic acids is 3. The summed E-state index contributed by atoms with van der Waals surface area (Å²) in [6.07, 6.45) is 82.2. The molecule has 0 fully saturated rings. The molecule has 0 aliphatic carbocycles. The average molecular weight is 1010 g/mol. The zero-order chi connectivity index (χ0) is 52.9. The zero-order valence-corrected chi connectivity index (χ0v) is 47.6. The maximum atomic E-state index is 12.9. The quantitative estimate of drug-likeness (QED) is 0.0261. The summed E-state index contributed by atoms with van der Waals surface area (Å²) in [4.78, 5) is 38.3. The highest BCUT2D eigenvalue weighted by atomic mass is 16.6. The Morgan fingerprint density at radius 3 is 0.822 bits per heavy atom. The van der Waals surface area contributed by atoms with Crippen molar-refractivity contribution in [1.82, 2.24) is 0 Å². The third kappa shape index (κ3) is 58.8. The van der Waals surface area contributed by atoms with Crippen LogP contribution in [0.15, 0.2) is 109 Å². The van der Waals surface area contributed by atoms with Crippen LogP contribution in [-0.2, 0) is 28.6 Å². The average Bonchev–Trinajstić information content (AvgIpc) is 3.39. The molecule has 0 saturated carbocycles. The highest BCUT2D eigenvalue weighted by molar-refractivity contribution is 5.71. The predicted molar refractivity (Wildman–Crippen MR) is 316 cm³/mol. The van der Waals surface area contributed by atoms with Crippen molar-refractivity contribution in [2.75, 3.05) is 13.2 Å². The van der Waals surface area contributed by atoms with E-state index in [0.29, 0.717) is 19.3 Å². The van der Waals surface area contributed by atoms with Crippen LogP contribution in [-0.4, -0.2) is 37.2 Å². The Morgan fingerprint density at radius 1 is 0.274 bits per heavy atom. The molecule has 0 bridgehead atoms. The fourth-order valence-corrected chi connectivity index (χ4v) is 8.11. The van der Waals surface area contributed by atoms with Crippen molar-refractivity contribution < 1.29 is 28.6 Å². The van der Waals surface area contributed by atoms with Crippen molar-refractivity contribution >= 4 is 17.9 Å². The minimum atomic E-state index is -0.810. The summed E-state index contributed by atoms with van der Waals surface area (Å²) >= 11 is 0. The van der Waals surface area contributed by atoms with Gasteiger partial charge in [0.15, 0.2) is 6.10 Å². The second kappa shape index (κ2) is 60.6. The number of ether oxygens (including phenoxy) is 3. The normalized spacial score (nSPS) is 12.5. The number of unbranched alkanes of at least 4 members (excludes halogenated alkanes) is 25. The molecule has 6 nitrogen and oxygen atoms in total. The van der Waals surface area contributed by atoms with Gasteiger partial charge in [-0.3, -0.25) is 14.4 Å². The molecule has 0 spiro atoms. The number of rotatable bonds is 54. The van der Waals surface area contributed by atoms with Gasteiger partial charge in [0, 0.05) is 19.3 Å². The predicted octanol–water partition coefficient (Wildman–Crippen LogP) is 20.7. The molecule has 0 aliphatic rings. The van der Waals surface area contributed by atoms with E-state index in [-0.39, 0.29) is 31.1 Å². The Morgan fingerprint density at radius 2 is 0.493 bits per heavy atom. The molecular formula is C67H112O6. The molecule has 6 heteroatoms. The molecule has 0 aromatic carbocycles. The summed E-state index contributed by atoms with van der Waals surface area (Å²) in [5.41, 5.74) is 0. The van der Waals surface area contributed by atoms with Crippen molar-refractivity contribution in [3.8, 4) is 0 Å². The van der Waals surface area contributed by atoms with Crippen LogP contribution in [0.25, 0.3) is 0 Å². The maximum Gasteiger partial charge on any atom is 0.306 e. The lowest BCUT2D eigenvalue weighted by Crippen LogP contribution is -2.30. The Hall–Kier alpha value is -3.93. The Kier molecular flexibility index (Phi) is 57.4. The summed E-state index contributed by atoms with van der Waals surface area (Å²) in [6.45, 7) is 6.53. The van der Waals surface area contributed by atoms with E-state index in [1.165, 1.54) is 128 Å². The highest BCUT2D eigenvalue weighted by Gasteiger charge is 2.19. The molecule has 0 saturated heterocycles. The molecule has 0 rings (SSSR count). The van der Waals surface area contributed by atoms with E-state index in [4.69, 9.17) is 14.2 Å². The SMILES string of the molecule is CCCCC/C=C\C/C=C\C/C=C\C/C=C\CCCCCC(=O)OCC(COC(=O)CCCCC/C=C\C/C=C\C/C=C\C/C=C\CCCCC)OC(=O)CCCCCCCCC/C=C\CCCCCCCC. The first-order valence-electron chi connectivity index (χ1n) is 30.4. The minimum Gasteiger partial charge on any atom is -0.462 e. The van der Waals surface area contributed by atoms with Gasteiger partial charge in [-0.05, 0) is 135 Å². The molecule has 416 valence electrons. The maximum absolute atomic E-state index is 12.9. The second-order valence-electron chi connectivity index (χ2n) is 19.9. The van der Waals surface area contributed by atoms with Crippen LogP contribution in [0.5, 0.6) is 0 Å². The molecule has 0 aromatic heterocycles. The highest BCUT2D eigenvalue weighted by Crippen LogP contribution is 2.14. The first-order valence-corrected chi connectivity index (χ1v) is 30.4. The van der Waals surface area contributed by atoms with E-state index in [1.807, 2.05) is 0 Å². The van der Waals surface area contributed by atoms with Gasteiger partial charge in [-0.2, -0.15) is 0 Å². The number of hydrogen-bond acceptors (Lipinski definition) is 6. The molecule has 0 aromatic rings. The number of carbonyl (C=O) groups is 3. The first kappa shape index (κ1) is 69.1. The topological polar surface area (TPSA) is 78.9 Å². The third-order valence-electron chi connectivity index (χ3n) is 12.7. The number of esters is 3. The van der Waals surface area contributed by atoms with Crippen LogP contribution in [0.1, 0.15) is 278 Å². The minimum absolute atomic E-state index is 0.108. The van der Waals surface area contributed by atoms with Crippen molar-refractivity contribution in [2.24, 2.45) is 0 Å². The van der Waals surface area contributed by atoms with Gasteiger partial charge >= 0.3 is 17.9 Å². The van der Waals surface area contributed by atoms with Crippen LogP contribution in [0.3, 0.4) is 0 Å². The zero-order valence-electron chi connectivity index (χ0n) is 47.6. The summed E-state index contributed by atoms with van der Waals surface area (Å²) in [5, 5.41) is 0. The number of hydrogen-bond donors (Lipinski definition) is 0.